The first-order valence-corrected chi connectivity index (χ1v) is 6.19. The molecule has 1 amide bonds. The third kappa shape index (κ3) is 4.57. The number of aryl methyl sites for hydroxylation is 1. The minimum absolute atomic E-state index is 0.194. The number of carbonyl (C=O) groups is 1. The van der Waals surface area contributed by atoms with E-state index in [9.17, 15) is 9.59 Å². The third-order valence-corrected chi connectivity index (χ3v) is 2.49. The monoisotopic (exact) mass is 286 g/mol. The van der Waals surface area contributed by atoms with Crippen LogP contribution in [0.25, 0.3) is 0 Å². The molecule has 1 aromatic heterocycles. The second kappa shape index (κ2) is 6.99. The Morgan fingerprint density at radius 3 is 2.81 bits per heavy atom. The van der Waals surface area contributed by atoms with Gasteiger partial charge >= 0.3 is 0 Å². The number of hydrogen-bond donors (Lipinski definition) is 1. The number of hydrogen-bond acceptors (Lipinski definition) is 5. The maximum absolute atomic E-state index is 11.5. The van der Waals surface area contributed by atoms with Crippen LogP contribution >= 0.6 is 0 Å². The van der Waals surface area contributed by atoms with E-state index in [4.69, 9.17) is 4.74 Å². The zero-order valence-corrected chi connectivity index (χ0v) is 11.4. The van der Waals surface area contributed by atoms with Crippen LogP contribution in [0, 0.1) is 0 Å². The molecule has 0 radical (unpaired) electrons. The zero-order valence-electron chi connectivity index (χ0n) is 11.4. The normalized spacial score (nSPS) is 10.5. The molecule has 2 rings (SSSR count). The predicted octanol–water partition coefficient (Wildman–Crippen LogP) is 0.309. The van der Waals surface area contributed by atoms with Crippen molar-refractivity contribution in [2.24, 2.45) is 12.1 Å². The van der Waals surface area contributed by atoms with Gasteiger partial charge in [0.2, 0.25) is 5.88 Å². The van der Waals surface area contributed by atoms with Crippen LogP contribution in [0.5, 0.6) is 5.88 Å². The molecule has 0 atom stereocenters. The molecule has 0 aliphatic carbocycles. The van der Waals surface area contributed by atoms with Gasteiger partial charge in [0, 0.05) is 19.2 Å². The van der Waals surface area contributed by atoms with Crippen LogP contribution in [-0.2, 0) is 11.8 Å². The molecule has 0 fully saturated rings. The van der Waals surface area contributed by atoms with Gasteiger partial charge in [-0.3, -0.25) is 9.59 Å². The van der Waals surface area contributed by atoms with Crippen LogP contribution in [0.3, 0.4) is 0 Å². The van der Waals surface area contributed by atoms with Gasteiger partial charge in [-0.25, -0.2) is 10.1 Å². The molecule has 0 aliphatic rings. The van der Waals surface area contributed by atoms with Crippen LogP contribution in [0.1, 0.15) is 5.56 Å². The Morgan fingerprint density at radius 1 is 1.33 bits per heavy atom. The smallest absolute Gasteiger partial charge is 0.278 e. The fourth-order valence-electron chi connectivity index (χ4n) is 1.45. The standard InChI is InChI=1S/C14H14N4O3/c1-18-14(20)8-7-13(17-18)21-10-12(19)16-15-9-11-5-3-2-4-6-11/h2-9H,10H2,1H3,(H,16,19)/b15-9+. The lowest BCUT2D eigenvalue weighted by atomic mass is 10.2. The number of rotatable bonds is 5. The number of nitrogens with zero attached hydrogens (tertiary/aromatic N) is 3. The first kappa shape index (κ1) is 14.4. The molecule has 108 valence electrons. The van der Waals surface area contributed by atoms with E-state index in [1.54, 1.807) is 0 Å². The molecule has 0 saturated heterocycles. The van der Waals surface area contributed by atoms with E-state index < -0.39 is 5.91 Å². The number of ether oxygens (including phenoxy) is 1. The van der Waals surface area contributed by atoms with Gasteiger partial charge in [0.25, 0.3) is 11.5 Å². The largest absolute Gasteiger partial charge is 0.466 e. The molecule has 2 aromatic rings. The van der Waals surface area contributed by atoms with Crippen LogP contribution in [0.15, 0.2) is 52.4 Å². The molecule has 7 heteroatoms. The average Bonchev–Trinajstić information content (AvgIpc) is 2.49. The molecule has 7 nitrogen and oxygen atoms in total. The maximum atomic E-state index is 11.5. The first-order valence-electron chi connectivity index (χ1n) is 6.19. The second-order valence-electron chi connectivity index (χ2n) is 4.13. The number of amides is 1. The van der Waals surface area contributed by atoms with Crippen molar-refractivity contribution in [1.82, 2.24) is 15.2 Å². The van der Waals surface area contributed by atoms with Gasteiger partial charge < -0.3 is 4.74 Å². The van der Waals surface area contributed by atoms with Crippen molar-refractivity contribution in [2.75, 3.05) is 6.61 Å². The van der Waals surface area contributed by atoms with Crippen molar-refractivity contribution in [3.05, 3.63) is 58.4 Å². The van der Waals surface area contributed by atoms with Crippen molar-refractivity contribution in [2.45, 2.75) is 0 Å². The summed E-state index contributed by atoms with van der Waals surface area (Å²) in [5.74, 6) is -0.225. The molecule has 0 spiro atoms. The lowest BCUT2D eigenvalue weighted by Crippen LogP contribution is -2.26. The summed E-state index contributed by atoms with van der Waals surface area (Å²) in [4.78, 5) is 22.6. The number of benzene rings is 1. The lowest BCUT2D eigenvalue weighted by Gasteiger charge is -2.04. The van der Waals surface area contributed by atoms with Crippen molar-refractivity contribution >= 4 is 12.1 Å². The molecule has 0 saturated carbocycles. The molecular formula is C14H14N4O3. The summed E-state index contributed by atoms with van der Waals surface area (Å²) in [5.41, 5.74) is 2.96. The average molecular weight is 286 g/mol. The van der Waals surface area contributed by atoms with E-state index in [2.05, 4.69) is 15.6 Å². The summed E-state index contributed by atoms with van der Waals surface area (Å²) < 4.78 is 6.28. The molecule has 0 unspecified atom stereocenters. The Labute approximate surface area is 120 Å². The lowest BCUT2D eigenvalue weighted by molar-refractivity contribution is -0.123. The third-order valence-electron chi connectivity index (χ3n) is 2.49. The molecule has 1 heterocycles. The van der Waals surface area contributed by atoms with Gasteiger partial charge in [0.1, 0.15) is 0 Å². The van der Waals surface area contributed by atoms with Crippen LogP contribution in [0.4, 0.5) is 0 Å². The van der Waals surface area contributed by atoms with Crippen molar-refractivity contribution in [3.63, 3.8) is 0 Å². The van der Waals surface area contributed by atoms with E-state index in [-0.39, 0.29) is 18.0 Å². The summed E-state index contributed by atoms with van der Waals surface area (Å²) >= 11 is 0. The summed E-state index contributed by atoms with van der Waals surface area (Å²) in [6.45, 7) is -0.239. The summed E-state index contributed by atoms with van der Waals surface area (Å²) in [6, 6.07) is 12.1. The van der Waals surface area contributed by atoms with Gasteiger partial charge in [-0.1, -0.05) is 30.3 Å². The second-order valence-corrected chi connectivity index (χ2v) is 4.13. The predicted molar refractivity (Wildman–Crippen MR) is 77.2 cm³/mol. The molecule has 1 aromatic carbocycles. The Morgan fingerprint density at radius 2 is 2.10 bits per heavy atom. The van der Waals surface area contributed by atoms with Crippen LogP contribution in [-0.4, -0.2) is 28.5 Å². The van der Waals surface area contributed by atoms with Crippen molar-refractivity contribution < 1.29 is 9.53 Å². The fourth-order valence-corrected chi connectivity index (χ4v) is 1.45. The molecule has 0 bridgehead atoms. The maximum Gasteiger partial charge on any atom is 0.278 e. The highest BCUT2D eigenvalue weighted by molar-refractivity contribution is 5.82. The highest BCUT2D eigenvalue weighted by atomic mass is 16.5. The zero-order chi connectivity index (χ0) is 15.1. The number of carbonyl (C=O) groups excluding carboxylic acids is 1. The SMILES string of the molecule is Cn1nc(OCC(=O)N/N=C/c2ccccc2)ccc1=O. The Balaban J connectivity index is 1.81. The van der Waals surface area contributed by atoms with Gasteiger partial charge in [-0.15, -0.1) is 5.10 Å². The topological polar surface area (TPSA) is 85.6 Å². The highest BCUT2D eigenvalue weighted by Gasteiger charge is 2.03. The van der Waals surface area contributed by atoms with Crippen molar-refractivity contribution in [1.29, 1.82) is 0 Å². The number of nitrogens with one attached hydrogen (secondary N) is 1. The van der Waals surface area contributed by atoms with Crippen molar-refractivity contribution in [3.8, 4) is 5.88 Å². The Hall–Kier alpha value is -2.96. The van der Waals surface area contributed by atoms with Gasteiger partial charge in [0.05, 0.1) is 6.21 Å². The molecular weight excluding hydrogens is 272 g/mol. The minimum atomic E-state index is -0.419. The van der Waals surface area contributed by atoms with E-state index in [0.717, 1.165) is 10.2 Å². The van der Waals surface area contributed by atoms with E-state index in [1.165, 1.54) is 25.4 Å². The van der Waals surface area contributed by atoms with E-state index in [1.807, 2.05) is 30.3 Å². The Kier molecular flexibility index (Phi) is 4.81. The van der Waals surface area contributed by atoms with E-state index >= 15 is 0 Å². The minimum Gasteiger partial charge on any atom is -0.466 e. The quantitative estimate of drug-likeness (QED) is 0.633. The highest BCUT2D eigenvalue weighted by Crippen LogP contribution is 2.00. The van der Waals surface area contributed by atoms with Crippen LogP contribution in [0.2, 0.25) is 0 Å². The molecule has 1 N–H and O–H groups in total. The summed E-state index contributed by atoms with van der Waals surface area (Å²) in [6.07, 6.45) is 1.53. The van der Waals surface area contributed by atoms with Gasteiger partial charge in [-0.2, -0.15) is 5.10 Å². The summed E-state index contributed by atoms with van der Waals surface area (Å²) in [5, 5.41) is 7.64. The number of hydrazone groups is 1. The van der Waals surface area contributed by atoms with E-state index in [0.29, 0.717) is 0 Å². The van der Waals surface area contributed by atoms with Crippen LogP contribution < -0.4 is 15.7 Å². The van der Waals surface area contributed by atoms with Gasteiger partial charge in [0.15, 0.2) is 6.61 Å². The summed E-state index contributed by atoms with van der Waals surface area (Å²) in [7, 11) is 1.50. The molecule has 21 heavy (non-hydrogen) atoms. The molecule has 0 aliphatic heterocycles. The van der Waals surface area contributed by atoms with Gasteiger partial charge in [-0.05, 0) is 5.56 Å². The Bertz CT molecular complexity index is 695. The number of aromatic nitrogens is 2. The fraction of sp³-hybridized carbons (Fsp3) is 0.143. The first-order chi connectivity index (χ1) is 10.1.